The summed E-state index contributed by atoms with van der Waals surface area (Å²) in [6, 6.07) is 0. The van der Waals surface area contributed by atoms with Crippen LogP contribution in [0.5, 0.6) is 0 Å². The highest BCUT2D eigenvalue weighted by molar-refractivity contribution is 4.81. The number of nitrogens with zero attached hydrogens (tertiary/aromatic N) is 1. The third-order valence-corrected chi connectivity index (χ3v) is 5.71. The molecule has 0 radical (unpaired) electrons. The Hall–Kier alpha value is -1.32. The second-order valence-electron chi connectivity index (χ2n) is 8.94. The van der Waals surface area contributed by atoms with Crippen molar-refractivity contribution >= 4 is 0 Å². The molecular formula is C28H54NO3+. The fraction of sp³-hybridized carbons (Fsp3) is 0.857. The maximum absolute atomic E-state index is 11.5. The molecule has 4 nitrogen and oxygen atoms in total. The Morgan fingerprint density at radius 3 is 1.16 bits per heavy atom. The molecule has 0 aliphatic rings. The summed E-state index contributed by atoms with van der Waals surface area (Å²) in [5.41, 5.74) is 0. The van der Waals surface area contributed by atoms with Gasteiger partial charge in [-0.15, -0.1) is 0 Å². The van der Waals surface area contributed by atoms with Gasteiger partial charge in [0.2, 0.25) is 0 Å². The van der Waals surface area contributed by atoms with E-state index in [4.69, 9.17) is 9.68 Å². The Bertz CT molecular complexity index is 396. The molecule has 0 bridgehead atoms. The molecule has 0 unspecified atom stereocenters. The molecule has 0 aromatic rings. The van der Waals surface area contributed by atoms with Crippen LogP contribution in [0.25, 0.3) is 0 Å². The van der Waals surface area contributed by atoms with E-state index in [-0.39, 0.29) is 0 Å². The zero-order chi connectivity index (χ0) is 23.4. The highest BCUT2D eigenvalue weighted by Crippen LogP contribution is 2.10. The van der Waals surface area contributed by atoms with Crippen molar-refractivity contribution in [2.45, 2.75) is 142 Å². The smallest absolute Gasteiger partial charge is 0.187 e. The van der Waals surface area contributed by atoms with Gasteiger partial charge >= 0.3 is 5.09 Å². The highest BCUT2D eigenvalue weighted by Gasteiger charge is 2.11. The molecule has 0 spiro atoms. The molecule has 0 saturated heterocycles. The van der Waals surface area contributed by atoms with E-state index < -0.39 is 0 Å². The SMILES string of the molecule is CCCC/C=C\CCCCCCCCO[N+](=O)OCCCCCCCC/C=C\CCCC. The van der Waals surface area contributed by atoms with Gasteiger partial charge in [-0.3, -0.25) is 0 Å². The number of hydrogen-bond donors (Lipinski definition) is 0. The van der Waals surface area contributed by atoms with Crippen molar-refractivity contribution < 1.29 is 14.8 Å². The van der Waals surface area contributed by atoms with Gasteiger partial charge in [-0.2, -0.15) is 9.68 Å². The summed E-state index contributed by atoms with van der Waals surface area (Å²) in [6.07, 6.45) is 33.6. The molecule has 0 aliphatic carbocycles. The van der Waals surface area contributed by atoms with Gasteiger partial charge in [0.25, 0.3) is 0 Å². The van der Waals surface area contributed by atoms with E-state index in [1.165, 1.54) is 103 Å². The predicted molar refractivity (Wildman–Crippen MR) is 137 cm³/mol. The average molecular weight is 453 g/mol. The van der Waals surface area contributed by atoms with Crippen LogP contribution in [0.15, 0.2) is 24.3 Å². The van der Waals surface area contributed by atoms with Crippen LogP contribution in [0.2, 0.25) is 0 Å². The molecule has 0 fully saturated rings. The minimum Gasteiger partial charge on any atom is -0.187 e. The van der Waals surface area contributed by atoms with E-state index in [2.05, 4.69) is 38.2 Å². The minimum absolute atomic E-state index is 0.315. The van der Waals surface area contributed by atoms with Gasteiger partial charge in [0.15, 0.2) is 13.2 Å². The van der Waals surface area contributed by atoms with Crippen molar-refractivity contribution in [1.29, 1.82) is 0 Å². The molecule has 0 aromatic carbocycles. The molecule has 0 amide bonds. The average Bonchev–Trinajstić information content (AvgIpc) is 2.80. The standard InChI is InChI=1S/C28H54NO3/c1-3-5-7-9-11-13-15-17-19-21-23-25-27-31-29(30)32-28-26-24-22-20-18-16-14-12-10-8-6-4-2/h9-12H,3-8,13-28H2,1-2H3/q+1/b11-9-,12-10-. The van der Waals surface area contributed by atoms with Crippen molar-refractivity contribution in [3.63, 3.8) is 0 Å². The van der Waals surface area contributed by atoms with Crippen LogP contribution in [-0.2, 0) is 9.68 Å². The van der Waals surface area contributed by atoms with Gasteiger partial charge in [0, 0.05) is 0 Å². The summed E-state index contributed by atoms with van der Waals surface area (Å²) >= 11 is 0. The number of hydrogen-bond acceptors (Lipinski definition) is 3. The van der Waals surface area contributed by atoms with Gasteiger partial charge in [-0.05, 0) is 64.2 Å². The topological polar surface area (TPSA) is 38.5 Å². The summed E-state index contributed by atoms with van der Waals surface area (Å²) in [5, 5.41) is 0.315. The van der Waals surface area contributed by atoms with Crippen molar-refractivity contribution in [1.82, 2.24) is 0 Å². The van der Waals surface area contributed by atoms with Gasteiger partial charge in [-0.1, -0.05) is 102 Å². The Labute approximate surface area is 199 Å². The number of rotatable bonds is 26. The van der Waals surface area contributed by atoms with E-state index >= 15 is 0 Å². The third-order valence-electron chi connectivity index (χ3n) is 5.71. The first-order valence-electron chi connectivity index (χ1n) is 13.8. The maximum atomic E-state index is 11.5. The summed E-state index contributed by atoms with van der Waals surface area (Å²) in [6.45, 7) is 5.38. The van der Waals surface area contributed by atoms with Crippen LogP contribution in [0.4, 0.5) is 0 Å². The van der Waals surface area contributed by atoms with E-state index in [1.54, 1.807) is 0 Å². The van der Waals surface area contributed by atoms with Crippen LogP contribution < -0.4 is 0 Å². The molecular weight excluding hydrogens is 398 g/mol. The highest BCUT2D eigenvalue weighted by atomic mass is 17.0. The summed E-state index contributed by atoms with van der Waals surface area (Å²) in [5.74, 6) is 0. The molecule has 0 saturated carbocycles. The van der Waals surface area contributed by atoms with Crippen LogP contribution in [0.1, 0.15) is 142 Å². The fourth-order valence-electron chi connectivity index (χ4n) is 3.57. The summed E-state index contributed by atoms with van der Waals surface area (Å²) in [4.78, 5) is 21.7. The second-order valence-corrected chi connectivity index (χ2v) is 8.94. The van der Waals surface area contributed by atoms with Crippen LogP contribution in [0, 0.1) is 4.91 Å². The minimum atomic E-state index is 0.315. The van der Waals surface area contributed by atoms with Gasteiger partial charge in [-0.25, -0.2) is 0 Å². The van der Waals surface area contributed by atoms with Crippen molar-refractivity contribution in [2.24, 2.45) is 0 Å². The molecule has 4 heteroatoms. The zero-order valence-electron chi connectivity index (χ0n) is 21.5. The van der Waals surface area contributed by atoms with E-state index in [0.29, 0.717) is 18.3 Å². The molecule has 0 rings (SSSR count). The van der Waals surface area contributed by atoms with Crippen LogP contribution in [0.3, 0.4) is 0 Å². The van der Waals surface area contributed by atoms with Gasteiger partial charge in [0.1, 0.15) is 4.91 Å². The summed E-state index contributed by atoms with van der Waals surface area (Å²) < 4.78 is 0. The Morgan fingerprint density at radius 2 is 0.781 bits per heavy atom. The predicted octanol–water partition coefficient (Wildman–Crippen LogP) is 9.58. The molecule has 188 valence electrons. The molecule has 0 heterocycles. The van der Waals surface area contributed by atoms with E-state index in [9.17, 15) is 4.91 Å². The normalized spacial score (nSPS) is 11.6. The van der Waals surface area contributed by atoms with Crippen LogP contribution >= 0.6 is 0 Å². The fourth-order valence-corrected chi connectivity index (χ4v) is 3.57. The van der Waals surface area contributed by atoms with Gasteiger partial charge in [0.05, 0.1) is 0 Å². The quantitative estimate of drug-likeness (QED) is 0.0744. The lowest BCUT2D eigenvalue weighted by Crippen LogP contribution is -2.12. The summed E-state index contributed by atoms with van der Waals surface area (Å²) in [7, 11) is 0. The number of unbranched alkanes of at least 4 members (excludes halogenated alkanes) is 16. The van der Waals surface area contributed by atoms with E-state index in [1.807, 2.05) is 0 Å². The molecule has 0 atom stereocenters. The van der Waals surface area contributed by atoms with Crippen molar-refractivity contribution in [3.05, 3.63) is 29.2 Å². The molecule has 0 N–H and O–H groups in total. The Morgan fingerprint density at radius 1 is 0.469 bits per heavy atom. The van der Waals surface area contributed by atoms with Gasteiger partial charge < -0.3 is 0 Å². The molecule has 0 aliphatic heterocycles. The Balaban J connectivity index is 3.21. The van der Waals surface area contributed by atoms with E-state index in [0.717, 1.165) is 25.7 Å². The zero-order valence-corrected chi connectivity index (χ0v) is 21.5. The number of allylic oxidation sites excluding steroid dienone is 4. The molecule has 32 heavy (non-hydrogen) atoms. The first-order chi connectivity index (χ1) is 15.8. The Kier molecular flexibility index (Phi) is 26.6. The lowest BCUT2D eigenvalue weighted by Gasteiger charge is -2.00. The monoisotopic (exact) mass is 452 g/mol. The lowest BCUT2D eigenvalue weighted by molar-refractivity contribution is -0.981. The first kappa shape index (κ1) is 30.7. The van der Waals surface area contributed by atoms with Crippen LogP contribution in [-0.4, -0.2) is 18.3 Å². The lowest BCUT2D eigenvalue weighted by atomic mass is 10.1. The first-order valence-corrected chi connectivity index (χ1v) is 13.8. The van der Waals surface area contributed by atoms with Crippen molar-refractivity contribution in [2.75, 3.05) is 13.2 Å². The molecule has 0 aromatic heterocycles. The largest absolute Gasteiger partial charge is 0.477 e. The second kappa shape index (κ2) is 27.7. The third kappa shape index (κ3) is 26.7. The maximum Gasteiger partial charge on any atom is 0.477 e. The van der Waals surface area contributed by atoms with Crippen molar-refractivity contribution in [3.8, 4) is 0 Å².